The molecule has 1 saturated heterocycles. The van der Waals surface area contributed by atoms with Crippen molar-refractivity contribution in [1.29, 1.82) is 0 Å². The second-order valence-electron chi connectivity index (χ2n) is 6.58. The van der Waals surface area contributed by atoms with Crippen LogP contribution in [0.1, 0.15) is 15.9 Å². The smallest absolute Gasteiger partial charge is 0.534 e. The lowest BCUT2D eigenvalue weighted by atomic mass is 9.72. The maximum atomic E-state index is 12.5. The first-order valence-electron chi connectivity index (χ1n) is 8.55. The van der Waals surface area contributed by atoms with Crippen molar-refractivity contribution in [2.24, 2.45) is 5.92 Å². The summed E-state index contributed by atoms with van der Waals surface area (Å²) in [5, 5.41) is 22.2. The Hall–Kier alpha value is -3.14. The molecule has 138 valence electrons. The molecule has 1 fully saturated rings. The van der Waals surface area contributed by atoms with E-state index in [4.69, 9.17) is 4.65 Å². The molecule has 4 rings (SSSR count). The average Bonchev–Trinajstić information content (AvgIpc) is 2.61. The van der Waals surface area contributed by atoms with Gasteiger partial charge in [-0.2, -0.15) is 0 Å². The van der Waals surface area contributed by atoms with Crippen LogP contribution >= 0.6 is 0 Å². The van der Waals surface area contributed by atoms with E-state index in [2.05, 4.69) is 15.3 Å². The number of rotatable bonds is 4. The van der Waals surface area contributed by atoms with Gasteiger partial charge in [-0.1, -0.05) is 12.1 Å². The van der Waals surface area contributed by atoms with Crippen LogP contribution in [-0.2, 0) is 11.2 Å². The van der Waals surface area contributed by atoms with Gasteiger partial charge in [0.25, 0.3) is 0 Å². The van der Waals surface area contributed by atoms with Crippen LogP contribution in [0, 0.1) is 5.92 Å². The van der Waals surface area contributed by atoms with E-state index in [-0.39, 0.29) is 23.1 Å². The van der Waals surface area contributed by atoms with Crippen molar-refractivity contribution in [3.8, 4) is 5.75 Å². The molecule has 1 amide bonds. The van der Waals surface area contributed by atoms with Crippen LogP contribution in [-0.4, -0.2) is 58.1 Å². The number of carboxylic acids is 1. The quantitative estimate of drug-likeness (QED) is 0.631. The number of carbonyl (C=O) groups is 2. The van der Waals surface area contributed by atoms with Crippen molar-refractivity contribution < 1.29 is 24.4 Å². The summed E-state index contributed by atoms with van der Waals surface area (Å²) in [6, 6.07) is 6.49. The van der Waals surface area contributed by atoms with Gasteiger partial charge in [-0.3, -0.25) is 4.79 Å². The lowest BCUT2D eigenvalue weighted by Gasteiger charge is -2.39. The van der Waals surface area contributed by atoms with Gasteiger partial charge in [0.15, 0.2) is 0 Å². The highest BCUT2D eigenvalue weighted by molar-refractivity contribution is 6.47. The van der Waals surface area contributed by atoms with Crippen LogP contribution in [0.15, 0.2) is 36.7 Å². The van der Waals surface area contributed by atoms with Crippen LogP contribution in [0.3, 0.4) is 0 Å². The summed E-state index contributed by atoms with van der Waals surface area (Å²) in [5.41, 5.74) is 0.632. The van der Waals surface area contributed by atoms with Crippen molar-refractivity contribution in [3.05, 3.63) is 47.8 Å². The molecule has 2 aliphatic rings. The van der Waals surface area contributed by atoms with Gasteiger partial charge in [0.1, 0.15) is 5.75 Å². The number of aromatic nitrogens is 2. The average molecular weight is 368 g/mol. The Morgan fingerprint density at radius 3 is 2.67 bits per heavy atom. The summed E-state index contributed by atoms with van der Waals surface area (Å²) >= 11 is 0. The van der Waals surface area contributed by atoms with E-state index in [1.54, 1.807) is 30.6 Å². The second-order valence-corrected chi connectivity index (χ2v) is 6.58. The number of fused-ring (bicyclic) bond motifs is 1. The standard InChI is InChI=1S/C17H17BN4O5/c23-15(11-8-22(9-11)17-19-5-2-6-20-17)21-13-7-10-3-1-4-12(16(24)25)14(10)27-18(13)26/h1-6,11,13,26H,7-9H2,(H,21,23)(H,24,25). The van der Waals surface area contributed by atoms with Gasteiger partial charge in [0.2, 0.25) is 11.9 Å². The van der Waals surface area contributed by atoms with Gasteiger partial charge >= 0.3 is 13.1 Å². The molecule has 1 unspecified atom stereocenters. The molecule has 0 bridgehead atoms. The highest BCUT2D eigenvalue weighted by Crippen LogP contribution is 2.30. The zero-order valence-corrected chi connectivity index (χ0v) is 14.3. The summed E-state index contributed by atoms with van der Waals surface area (Å²) in [5.74, 6) is -1.45. The summed E-state index contributed by atoms with van der Waals surface area (Å²) in [7, 11) is -1.31. The molecule has 1 aromatic heterocycles. The van der Waals surface area contributed by atoms with Gasteiger partial charge in [-0.25, -0.2) is 14.8 Å². The third kappa shape index (κ3) is 3.31. The first-order valence-corrected chi connectivity index (χ1v) is 8.55. The molecule has 1 atom stereocenters. The van der Waals surface area contributed by atoms with Crippen LogP contribution < -0.4 is 14.9 Å². The Kier molecular flexibility index (Phi) is 4.40. The van der Waals surface area contributed by atoms with Crippen LogP contribution in [0.5, 0.6) is 5.75 Å². The van der Waals surface area contributed by atoms with Gasteiger partial charge in [-0.15, -0.1) is 0 Å². The highest BCUT2D eigenvalue weighted by atomic mass is 16.5. The summed E-state index contributed by atoms with van der Waals surface area (Å²) < 4.78 is 5.39. The monoisotopic (exact) mass is 368 g/mol. The molecule has 10 heteroatoms. The lowest BCUT2D eigenvalue weighted by molar-refractivity contribution is -0.126. The van der Waals surface area contributed by atoms with Crippen molar-refractivity contribution in [1.82, 2.24) is 15.3 Å². The minimum absolute atomic E-state index is 0.00572. The lowest BCUT2D eigenvalue weighted by Crippen LogP contribution is -2.59. The number of carbonyl (C=O) groups excluding carboxylic acids is 1. The molecule has 3 N–H and O–H groups in total. The molecule has 0 spiro atoms. The largest absolute Gasteiger partial charge is 0.547 e. The van der Waals surface area contributed by atoms with E-state index in [0.717, 1.165) is 0 Å². The van der Waals surface area contributed by atoms with Crippen LogP contribution in [0.2, 0.25) is 0 Å². The molecule has 1 aromatic carbocycles. The highest BCUT2D eigenvalue weighted by Gasteiger charge is 2.41. The maximum Gasteiger partial charge on any atom is 0.547 e. The first kappa shape index (κ1) is 17.3. The van der Waals surface area contributed by atoms with Crippen LogP contribution in [0.25, 0.3) is 0 Å². The van der Waals surface area contributed by atoms with Gasteiger partial charge in [0, 0.05) is 25.5 Å². The number of anilines is 1. The molecule has 2 aromatic rings. The third-order valence-corrected chi connectivity index (χ3v) is 4.76. The minimum atomic E-state index is -1.31. The number of para-hydroxylation sites is 1. The fourth-order valence-corrected chi connectivity index (χ4v) is 3.28. The second kappa shape index (κ2) is 6.88. The summed E-state index contributed by atoms with van der Waals surface area (Å²) in [6.45, 7) is 0.999. The number of carboxylic acid groups (broad SMARTS) is 1. The third-order valence-electron chi connectivity index (χ3n) is 4.76. The van der Waals surface area contributed by atoms with E-state index in [1.807, 2.05) is 4.90 Å². The van der Waals surface area contributed by atoms with E-state index >= 15 is 0 Å². The van der Waals surface area contributed by atoms with Gasteiger partial charge in [-0.05, 0) is 24.1 Å². The van der Waals surface area contributed by atoms with E-state index < -0.39 is 19.0 Å². The molecule has 3 heterocycles. The number of nitrogens with one attached hydrogen (secondary N) is 1. The number of amides is 1. The number of benzene rings is 1. The first-order chi connectivity index (χ1) is 13.0. The summed E-state index contributed by atoms with van der Waals surface area (Å²) in [4.78, 5) is 33.9. The minimum Gasteiger partial charge on any atom is -0.534 e. The van der Waals surface area contributed by atoms with Crippen molar-refractivity contribution in [2.75, 3.05) is 18.0 Å². The van der Waals surface area contributed by atoms with E-state index in [1.165, 1.54) is 6.07 Å². The molecular formula is C17H17BN4O5. The Bertz CT molecular complexity index is 875. The zero-order chi connectivity index (χ0) is 19.0. The number of hydrogen-bond acceptors (Lipinski definition) is 7. The predicted molar refractivity (Wildman–Crippen MR) is 95.4 cm³/mol. The molecule has 2 aliphatic heterocycles. The predicted octanol–water partition coefficient (Wildman–Crippen LogP) is -0.249. The van der Waals surface area contributed by atoms with Crippen LogP contribution in [0.4, 0.5) is 5.95 Å². The molecule has 27 heavy (non-hydrogen) atoms. The topological polar surface area (TPSA) is 125 Å². The number of nitrogens with zero attached hydrogens (tertiary/aromatic N) is 3. The SMILES string of the molecule is O=C(O)c1cccc2c1OB(O)C(NC(=O)C1CN(c3ncccn3)C1)C2. The fraction of sp³-hybridized carbons (Fsp3) is 0.294. The summed E-state index contributed by atoms with van der Waals surface area (Å²) in [6.07, 6.45) is 3.59. The van der Waals surface area contributed by atoms with Gasteiger partial charge < -0.3 is 25.0 Å². The number of aromatic carboxylic acids is 1. The van der Waals surface area contributed by atoms with Crippen molar-refractivity contribution >= 4 is 24.9 Å². The van der Waals surface area contributed by atoms with Crippen molar-refractivity contribution in [2.45, 2.75) is 12.4 Å². The number of hydrogen-bond donors (Lipinski definition) is 3. The Morgan fingerprint density at radius 2 is 1.96 bits per heavy atom. The maximum absolute atomic E-state index is 12.5. The van der Waals surface area contributed by atoms with Crippen molar-refractivity contribution in [3.63, 3.8) is 0 Å². The Balaban J connectivity index is 1.39. The molecule has 0 aliphatic carbocycles. The molecular weight excluding hydrogens is 351 g/mol. The zero-order valence-electron chi connectivity index (χ0n) is 14.3. The van der Waals surface area contributed by atoms with E-state index in [9.17, 15) is 19.7 Å². The fourth-order valence-electron chi connectivity index (χ4n) is 3.28. The molecule has 0 radical (unpaired) electrons. The van der Waals surface area contributed by atoms with E-state index in [0.29, 0.717) is 31.0 Å². The molecule has 0 saturated carbocycles. The molecule has 9 nitrogen and oxygen atoms in total. The normalized spacial score (nSPS) is 18.9. The Morgan fingerprint density at radius 1 is 1.22 bits per heavy atom. The Labute approximate surface area is 155 Å². The van der Waals surface area contributed by atoms with Gasteiger partial charge in [0.05, 0.1) is 17.4 Å².